The van der Waals surface area contributed by atoms with Crippen LogP contribution in [0.25, 0.3) is 0 Å². The third kappa shape index (κ3) is 2.80. The Hall–Kier alpha value is -1.03. The lowest BCUT2D eigenvalue weighted by Gasteiger charge is -2.13. The highest BCUT2D eigenvalue weighted by Gasteiger charge is 2.24. The van der Waals surface area contributed by atoms with Gasteiger partial charge in [0.15, 0.2) is 0 Å². The summed E-state index contributed by atoms with van der Waals surface area (Å²) in [5.41, 5.74) is 6.52. The molecule has 1 aliphatic rings. The van der Waals surface area contributed by atoms with Crippen molar-refractivity contribution in [2.45, 2.75) is 42.8 Å². The van der Waals surface area contributed by atoms with Gasteiger partial charge in [0.25, 0.3) is 0 Å². The van der Waals surface area contributed by atoms with Crippen LogP contribution in [0.1, 0.15) is 32.6 Å². The summed E-state index contributed by atoms with van der Waals surface area (Å²) in [6.07, 6.45) is 4.46. The summed E-state index contributed by atoms with van der Waals surface area (Å²) in [4.78, 5) is 0.739. The summed E-state index contributed by atoms with van der Waals surface area (Å²) >= 11 is 0. The summed E-state index contributed by atoms with van der Waals surface area (Å²) in [7, 11) is -0.989. The van der Waals surface area contributed by atoms with Gasteiger partial charge in [-0.1, -0.05) is 12.8 Å². The van der Waals surface area contributed by atoms with Crippen LogP contribution in [0, 0.1) is 0 Å². The van der Waals surface area contributed by atoms with Crippen LogP contribution in [0.3, 0.4) is 0 Å². The molecule has 94 valence electrons. The first-order chi connectivity index (χ1) is 8.22. The van der Waals surface area contributed by atoms with Crippen LogP contribution in [0.4, 0.5) is 5.69 Å². The molecule has 2 rings (SSSR count). The second-order valence-corrected chi connectivity index (χ2v) is 6.04. The molecule has 0 bridgehead atoms. The second-order valence-electron chi connectivity index (χ2n) is 4.34. The molecular formula is C13H19NO2S. The van der Waals surface area contributed by atoms with Crippen molar-refractivity contribution in [3.05, 3.63) is 18.2 Å². The summed E-state index contributed by atoms with van der Waals surface area (Å²) in [5, 5.41) is 0.272. The lowest BCUT2D eigenvalue weighted by molar-refractivity contribution is 0.339. The fourth-order valence-corrected chi connectivity index (χ4v) is 3.88. The number of hydrogen-bond donors (Lipinski definition) is 1. The molecule has 0 amide bonds. The zero-order valence-corrected chi connectivity index (χ0v) is 11.0. The molecule has 0 spiro atoms. The van der Waals surface area contributed by atoms with Gasteiger partial charge in [-0.25, -0.2) is 0 Å². The van der Waals surface area contributed by atoms with E-state index in [1.165, 1.54) is 12.8 Å². The molecule has 1 aromatic carbocycles. The predicted octanol–water partition coefficient (Wildman–Crippen LogP) is 2.72. The van der Waals surface area contributed by atoms with Crippen molar-refractivity contribution >= 4 is 16.5 Å². The van der Waals surface area contributed by atoms with Crippen LogP contribution in [-0.2, 0) is 10.8 Å². The minimum Gasteiger partial charge on any atom is -0.494 e. The van der Waals surface area contributed by atoms with Crippen LogP contribution < -0.4 is 10.5 Å². The van der Waals surface area contributed by atoms with Gasteiger partial charge >= 0.3 is 0 Å². The van der Waals surface area contributed by atoms with Crippen LogP contribution >= 0.6 is 0 Å². The van der Waals surface area contributed by atoms with E-state index in [0.717, 1.165) is 23.5 Å². The molecule has 2 N–H and O–H groups in total. The normalized spacial score (nSPS) is 18.2. The molecule has 0 saturated heterocycles. The largest absolute Gasteiger partial charge is 0.494 e. The minimum absolute atomic E-state index is 0.272. The number of hydrogen-bond acceptors (Lipinski definition) is 3. The second kappa shape index (κ2) is 5.54. The van der Waals surface area contributed by atoms with Gasteiger partial charge in [-0.3, -0.25) is 4.21 Å². The first kappa shape index (κ1) is 12.4. The van der Waals surface area contributed by atoms with Gasteiger partial charge < -0.3 is 10.5 Å². The van der Waals surface area contributed by atoms with Crippen molar-refractivity contribution in [2.75, 3.05) is 12.3 Å². The first-order valence-corrected chi connectivity index (χ1v) is 7.36. The number of nitrogens with two attached hydrogens (primary N) is 1. The van der Waals surface area contributed by atoms with Crippen LogP contribution in [0.15, 0.2) is 23.1 Å². The SMILES string of the molecule is CCOc1ccc(N)c(S(=O)C2CCCC2)c1. The van der Waals surface area contributed by atoms with E-state index in [1.807, 2.05) is 19.1 Å². The van der Waals surface area contributed by atoms with Crippen molar-refractivity contribution in [1.82, 2.24) is 0 Å². The standard InChI is InChI=1S/C13H19NO2S/c1-2-16-10-7-8-12(14)13(9-10)17(15)11-5-3-4-6-11/h7-9,11H,2-6,14H2,1H3. The number of rotatable bonds is 4. The maximum Gasteiger partial charge on any atom is 0.120 e. The Kier molecular flexibility index (Phi) is 4.05. The van der Waals surface area contributed by atoms with Gasteiger partial charge in [0, 0.05) is 10.9 Å². The highest BCUT2D eigenvalue weighted by molar-refractivity contribution is 7.85. The van der Waals surface area contributed by atoms with Gasteiger partial charge in [-0.05, 0) is 38.0 Å². The van der Waals surface area contributed by atoms with E-state index in [1.54, 1.807) is 6.07 Å². The highest BCUT2D eigenvalue weighted by atomic mass is 32.2. The molecule has 0 radical (unpaired) electrons. The fourth-order valence-electron chi connectivity index (χ4n) is 2.23. The monoisotopic (exact) mass is 253 g/mol. The zero-order chi connectivity index (χ0) is 12.3. The molecule has 1 aromatic rings. The zero-order valence-electron chi connectivity index (χ0n) is 10.1. The lowest BCUT2D eigenvalue weighted by Crippen LogP contribution is -2.12. The fraction of sp³-hybridized carbons (Fsp3) is 0.538. The molecule has 1 aliphatic carbocycles. The van der Waals surface area contributed by atoms with E-state index in [4.69, 9.17) is 10.5 Å². The Morgan fingerprint density at radius 1 is 1.41 bits per heavy atom. The summed E-state index contributed by atoms with van der Waals surface area (Å²) in [5.74, 6) is 0.753. The average molecular weight is 253 g/mol. The van der Waals surface area contributed by atoms with Gasteiger partial charge in [-0.15, -0.1) is 0 Å². The maximum absolute atomic E-state index is 12.4. The van der Waals surface area contributed by atoms with Crippen molar-refractivity contribution in [3.63, 3.8) is 0 Å². The van der Waals surface area contributed by atoms with Crippen molar-refractivity contribution < 1.29 is 8.95 Å². The van der Waals surface area contributed by atoms with Crippen molar-refractivity contribution in [2.24, 2.45) is 0 Å². The minimum atomic E-state index is -0.989. The van der Waals surface area contributed by atoms with Crippen molar-refractivity contribution in [1.29, 1.82) is 0 Å². The molecule has 0 heterocycles. The number of nitrogen functional groups attached to an aromatic ring is 1. The van der Waals surface area contributed by atoms with Gasteiger partial charge in [0.2, 0.25) is 0 Å². The summed E-state index contributed by atoms with van der Waals surface area (Å²) < 4.78 is 17.8. The van der Waals surface area contributed by atoms with E-state index in [-0.39, 0.29) is 5.25 Å². The topological polar surface area (TPSA) is 52.3 Å². The Morgan fingerprint density at radius 2 is 2.12 bits per heavy atom. The number of benzene rings is 1. The molecule has 17 heavy (non-hydrogen) atoms. The molecular weight excluding hydrogens is 234 g/mol. The van der Waals surface area contributed by atoms with Crippen LogP contribution in [0.5, 0.6) is 5.75 Å². The van der Waals surface area contributed by atoms with Crippen LogP contribution in [0.2, 0.25) is 0 Å². The Bertz CT molecular complexity index is 414. The molecule has 3 nitrogen and oxygen atoms in total. The van der Waals surface area contributed by atoms with E-state index < -0.39 is 10.8 Å². The molecule has 0 aromatic heterocycles. The highest BCUT2D eigenvalue weighted by Crippen LogP contribution is 2.31. The van der Waals surface area contributed by atoms with E-state index in [2.05, 4.69) is 0 Å². The van der Waals surface area contributed by atoms with E-state index in [9.17, 15) is 4.21 Å². The van der Waals surface area contributed by atoms with Gasteiger partial charge in [-0.2, -0.15) is 0 Å². The number of ether oxygens (including phenoxy) is 1. The maximum atomic E-state index is 12.4. The smallest absolute Gasteiger partial charge is 0.120 e. The summed E-state index contributed by atoms with van der Waals surface area (Å²) in [6, 6.07) is 5.44. The quantitative estimate of drug-likeness (QED) is 0.839. The third-order valence-corrected chi connectivity index (χ3v) is 4.98. The first-order valence-electron chi connectivity index (χ1n) is 6.15. The van der Waals surface area contributed by atoms with E-state index in [0.29, 0.717) is 12.3 Å². The molecule has 4 heteroatoms. The molecule has 1 fully saturated rings. The van der Waals surface area contributed by atoms with Crippen molar-refractivity contribution in [3.8, 4) is 5.75 Å². The molecule has 0 aliphatic heterocycles. The third-order valence-electron chi connectivity index (χ3n) is 3.12. The summed E-state index contributed by atoms with van der Waals surface area (Å²) in [6.45, 7) is 2.55. The Balaban J connectivity index is 2.23. The lowest BCUT2D eigenvalue weighted by atomic mass is 10.3. The predicted molar refractivity (Wildman–Crippen MR) is 70.7 cm³/mol. The van der Waals surface area contributed by atoms with Crippen LogP contribution in [-0.4, -0.2) is 16.1 Å². The molecule has 1 unspecified atom stereocenters. The number of anilines is 1. The molecule has 1 saturated carbocycles. The molecule has 1 atom stereocenters. The van der Waals surface area contributed by atoms with E-state index >= 15 is 0 Å². The Labute approximate surface area is 105 Å². The average Bonchev–Trinajstić information content (AvgIpc) is 2.85. The Morgan fingerprint density at radius 3 is 2.76 bits per heavy atom. The van der Waals surface area contributed by atoms with Gasteiger partial charge in [0.1, 0.15) is 5.75 Å². The van der Waals surface area contributed by atoms with Gasteiger partial charge in [0.05, 0.1) is 22.3 Å².